The molecular formula is C24H24ClNO2S. The van der Waals surface area contributed by atoms with Crippen LogP contribution in [0.3, 0.4) is 0 Å². The van der Waals surface area contributed by atoms with Gasteiger partial charge in [0.25, 0.3) is 5.91 Å². The molecular weight excluding hydrogens is 402 g/mol. The molecule has 0 heterocycles. The average molecular weight is 426 g/mol. The van der Waals surface area contributed by atoms with Gasteiger partial charge < -0.3 is 10.1 Å². The van der Waals surface area contributed by atoms with Gasteiger partial charge in [0.1, 0.15) is 5.75 Å². The van der Waals surface area contributed by atoms with Crippen molar-refractivity contribution < 1.29 is 9.53 Å². The van der Waals surface area contributed by atoms with Crippen molar-refractivity contribution in [2.24, 2.45) is 0 Å². The lowest BCUT2D eigenvalue weighted by atomic mass is 10.1. The van der Waals surface area contributed by atoms with E-state index in [2.05, 4.69) is 5.32 Å². The number of carbonyl (C=O) groups excluding carboxylic acids is 1. The summed E-state index contributed by atoms with van der Waals surface area (Å²) < 4.78 is 5.76. The molecule has 0 spiro atoms. The molecule has 0 radical (unpaired) electrons. The predicted octanol–water partition coefficient (Wildman–Crippen LogP) is 6.52. The van der Waals surface area contributed by atoms with Gasteiger partial charge in [-0.15, -0.1) is 11.8 Å². The summed E-state index contributed by atoms with van der Waals surface area (Å²) in [5.74, 6) is 1.41. The predicted molar refractivity (Wildman–Crippen MR) is 121 cm³/mol. The number of ether oxygens (including phenoxy) is 1. The topological polar surface area (TPSA) is 38.3 Å². The summed E-state index contributed by atoms with van der Waals surface area (Å²) in [5.41, 5.74) is 2.69. The van der Waals surface area contributed by atoms with E-state index in [4.69, 9.17) is 16.3 Å². The molecule has 1 amide bonds. The number of benzene rings is 3. The highest BCUT2D eigenvalue weighted by Crippen LogP contribution is 2.30. The van der Waals surface area contributed by atoms with Gasteiger partial charge in [0, 0.05) is 26.8 Å². The Balaban J connectivity index is 1.74. The molecule has 0 aliphatic heterocycles. The molecule has 0 saturated carbocycles. The van der Waals surface area contributed by atoms with E-state index in [1.165, 1.54) is 0 Å². The molecule has 3 aromatic carbocycles. The van der Waals surface area contributed by atoms with Crippen LogP contribution < -0.4 is 10.1 Å². The van der Waals surface area contributed by atoms with Crippen molar-refractivity contribution in [3.05, 3.63) is 94.5 Å². The molecule has 0 aliphatic carbocycles. The molecule has 29 heavy (non-hydrogen) atoms. The first-order valence-electron chi connectivity index (χ1n) is 9.56. The fraction of sp³-hybridized carbons (Fsp3) is 0.208. The second-order valence-corrected chi connectivity index (χ2v) is 8.09. The van der Waals surface area contributed by atoms with Gasteiger partial charge in [0.2, 0.25) is 0 Å². The normalized spacial score (nSPS) is 11.7. The summed E-state index contributed by atoms with van der Waals surface area (Å²) in [4.78, 5) is 13.9. The summed E-state index contributed by atoms with van der Waals surface area (Å²) in [5, 5.41) is 3.79. The Morgan fingerprint density at radius 2 is 1.79 bits per heavy atom. The van der Waals surface area contributed by atoms with Gasteiger partial charge in [-0.3, -0.25) is 4.79 Å². The van der Waals surface area contributed by atoms with Crippen molar-refractivity contribution in [2.45, 2.75) is 30.5 Å². The highest BCUT2D eigenvalue weighted by molar-refractivity contribution is 7.98. The van der Waals surface area contributed by atoms with Gasteiger partial charge in [-0.2, -0.15) is 0 Å². The molecule has 150 valence electrons. The summed E-state index contributed by atoms with van der Waals surface area (Å²) >= 11 is 7.65. The maximum Gasteiger partial charge on any atom is 0.251 e. The molecule has 1 N–H and O–H groups in total. The van der Waals surface area contributed by atoms with Crippen molar-refractivity contribution in [1.29, 1.82) is 0 Å². The van der Waals surface area contributed by atoms with E-state index in [9.17, 15) is 4.79 Å². The van der Waals surface area contributed by atoms with Gasteiger partial charge in [-0.25, -0.2) is 0 Å². The van der Waals surface area contributed by atoms with Crippen LogP contribution in [-0.4, -0.2) is 12.5 Å². The zero-order valence-corrected chi connectivity index (χ0v) is 18.1. The maximum atomic E-state index is 12.8. The van der Waals surface area contributed by atoms with Crippen molar-refractivity contribution >= 4 is 29.3 Å². The van der Waals surface area contributed by atoms with E-state index >= 15 is 0 Å². The first-order valence-corrected chi connectivity index (χ1v) is 10.9. The summed E-state index contributed by atoms with van der Waals surface area (Å²) in [6, 6.07) is 23.2. The highest BCUT2D eigenvalue weighted by Gasteiger charge is 2.14. The molecule has 0 saturated heterocycles. The maximum absolute atomic E-state index is 12.8. The average Bonchev–Trinajstić information content (AvgIpc) is 2.75. The van der Waals surface area contributed by atoms with E-state index in [1.54, 1.807) is 11.8 Å². The smallest absolute Gasteiger partial charge is 0.251 e. The van der Waals surface area contributed by atoms with E-state index in [1.807, 2.05) is 86.6 Å². The van der Waals surface area contributed by atoms with Crippen LogP contribution in [-0.2, 0) is 5.75 Å². The van der Waals surface area contributed by atoms with Crippen molar-refractivity contribution in [2.75, 3.05) is 6.61 Å². The van der Waals surface area contributed by atoms with Crippen LogP contribution >= 0.6 is 23.4 Å². The van der Waals surface area contributed by atoms with Crippen LogP contribution in [0, 0.1) is 0 Å². The number of thioether (sulfide) groups is 1. The summed E-state index contributed by atoms with van der Waals surface area (Å²) in [7, 11) is 0. The standard InChI is InChI=1S/C24H24ClNO2S/c1-3-28-23-14-9-19(24(27)26-17(2)18-7-5-4-6-8-18)15-20(23)16-29-22-12-10-21(25)11-13-22/h4-15,17H,3,16H2,1-2H3,(H,26,27)/t17-/m1/s1. The largest absolute Gasteiger partial charge is 0.494 e. The third-order valence-corrected chi connectivity index (χ3v) is 5.79. The Bertz CT molecular complexity index is 945. The SMILES string of the molecule is CCOc1ccc(C(=O)N[C@H](C)c2ccccc2)cc1CSc1ccc(Cl)cc1. The van der Waals surface area contributed by atoms with Gasteiger partial charge >= 0.3 is 0 Å². The number of nitrogens with one attached hydrogen (secondary N) is 1. The van der Waals surface area contributed by atoms with Crippen LogP contribution in [0.2, 0.25) is 5.02 Å². The molecule has 0 bridgehead atoms. The van der Waals surface area contributed by atoms with Gasteiger partial charge in [0.15, 0.2) is 0 Å². The van der Waals surface area contributed by atoms with Crippen LogP contribution in [0.1, 0.15) is 41.4 Å². The number of carbonyl (C=O) groups is 1. The molecule has 3 aromatic rings. The van der Waals surface area contributed by atoms with Gasteiger partial charge in [-0.1, -0.05) is 41.9 Å². The fourth-order valence-corrected chi connectivity index (χ4v) is 3.93. The summed E-state index contributed by atoms with van der Waals surface area (Å²) in [6.45, 7) is 4.52. The lowest BCUT2D eigenvalue weighted by molar-refractivity contribution is 0.0939. The van der Waals surface area contributed by atoms with Crippen molar-refractivity contribution in [3.63, 3.8) is 0 Å². The number of amides is 1. The molecule has 3 rings (SSSR count). The highest BCUT2D eigenvalue weighted by atomic mass is 35.5. The van der Waals surface area contributed by atoms with E-state index < -0.39 is 0 Å². The Morgan fingerprint density at radius 3 is 2.48 bits per heavy atom. The lowest BCUT2D eigenvalue weighted by Crippen LogP contribution is -2.26. The molecule has 0 unspecified atom stereocenters. The van der Waals surface area contributed by atoms with Crippen LogP contribution in [0.25, 0.3) is 0 Å². The molecule has 5 heteroatoms. The number of halogens is 1. The van der Waals surface area contributed by atoms with E-state index in [-0.39, 0.29) is 11.9 Å². The Kier molecular flexibility index (Phi) is 7.62. The Hall–Kier alpha value is -2.43. The van der Waals surface area contributed by atoms with Crippen LogP contribution in [0.4, 0.5) is 0 Å². The second kappa shape index (κ2) is 10.4. The van der Waals surface area contributed by atoms with Crippen molar-refractivity contribution in [3.8, 4) is 5.75 Å². The Morgan fingerprint density at radius 1 is 1.07 bits per heavy atom. The van der Waals surface area contributed by atoms with Gasteiger partial charge in [0.05, 0.1) is 12.6 Å². The molecule has 3 nitrogen and oxygen atoms in total. The molecule has 1 atom stereocenters. The zero-order valence-electron chi connectivity index (χ0n) is 16.5. The second-order valence-electron chi connectivity index (χ2n) is 6.60. The van der Waals surface area contributed by atoms with E-state index in [0.29, 0.717) is 17.9 Å². The molecule has 0 aliphatic rings. The number of hydrogen-bond donors (Lipinski definition) is 1. The molecule has 0 fully saturated rings. The van der Waals surface area contributed by atoms with Gasteiger partial charge in [-0.05, 0) is 61.9 Å². The third-order valence-electron chi connectivity index (χ3n) is 4.48. The number of rotatable bonds is 8. The first-order chi connectivity index (χ1) is 14.1. The lowest BCUT2D eigenvalue weighted by Gasteiger charge is -2.16. The number of hydrogen-bond acceptors (Lipinski definition) is 3. The van der Waals surface area contributed by atoms with Crippen LogP contribution in [0.15, 0.2) is 77.7 Å². The molecule has 0 aromatic heterocycles. The third kappa shape index (κ3) is 6.02. The van der Waals surface area contributed by atoms with E-state index in [0.717, 1.165) is 26.8 Å². The van der Waals surface area contributed by atoms with Crippen molar-refractivity contribution in [1.82, 2.24) is 5.32 Å². The fourth-order valence-electron chi connectivity index (χ4n) is 2.93. The summed E-state index contributed by atoms with van der Waals surface area (Å²) in [6.07, 6.45) is 0. The monoisotopic (exact) mass is 425 g/mol. The Labute approximate surface area is 181 Å². The minimum atomic E-state index is -0.0952. The minimum Gasteiger partial charge on any atom is -0.494 e. The minimum absolute atomic E-state index is 0.0674. The first kappa shape index (κ1) is 21.3. The quantitative estimate of drug-likeness (QED) is 0.417. The van der Waals surface area contributed by atoms with Crippen LogP contribution in [0.5, 0.6) is 5.75 Å². The zero-order chi connectivity index (χ0) is 20.6.